The molecule has 0 aliphatic heterocycles. The molecule has 0 fully saturated rings. The Labute approximate surface area is 181 Å². The van der Waals surface area contributed by atoms with E-state index < -0.39 is 14.0 Å². The normalized spacial score (nSPS) is 11.5. The number of rotatable bonds is 9. The number of carboxylic acid groups (broad SMARTS) is 1. The summed E-state index contributed by atoms with van der Waals surface area (Å²) in [5.41, 5.74) is 2.44. The van der Waals surface area contributed by atoms with Gasteiger partial charge in [0.25, 0.3) is 0 Å². The fourth-order valence-electron chi connectivity index (χ4n) is 2.97. The highest BCUT2D eigenvalue weighted by Crippen LogP contribution is 2.26. The number of anilines is 1. The Morgan fingerprint density at radius 2 is 2.06 bits per heavy atom. The van der Waals surface area contributed by atoms with Crippen LogP contribution in [-0.4, -0.2) is 46.4 Å². The van der Waals surface area contributed by atoms with Gasteiger partial charge in [-0.25, -0.2) is 9.48 Å². The first-order chi connectivity index (χ1) is 14.7. The van der Waals surface area contributed by atoms with E-state index in [4.69, 9.17) is 4.74 Å². The highest BCUT2D eigenvalue weighted by atomic mass is 28.3. The van der Waals surface area contributed by atoms with Crippen LogP contribution in [0.5, 0.6) is 0 Å². The zero-order valence-electron chi connectivity index (χ0n) is 17.9. The largest absolute Gasteiger partial charge is 0.476 e. The van der Waals surface area contributed by atoms with Crippen LogP contribution in [0.2, 0.25) is 25.7 Å². The first kappa shape index (κ1) is 22.4. The maximum absolute atomic E-state index is 11.8. The Hall–Kier alpha value is -3.30. The molecule has 0 spiro atoms. The number of aromatic carboxylic acids is 1. The molecule has 0 radical (unpaired) electrons. The summed E-state index contributed by atoms with van der Waals surface area (Å²) in [5, 5.41) is 17.0. The van der Waals surface area contributed by atoms with E-state index in [1.54, 1.807) is 30.5 Å². The molecule has 3 aromatic rings. The smallest absolute Gasteiger partial charge is 0.357 e. The molecular weight excluding hydrogens is 412 g/mol. The van der Waals surface area contributed by atoms with Crippen LogP contribution in [0.15, 0.2) is 49.2 Å². The Balaban J connectivity index is 1.90. The van der Waals surface area contributed by atoms with Gasteiger partial charge in [0.2, 0.25) is 5.91 Å². The van der Waals surface area contributed by atoms with E-state index in [-0.39, 0.29) is 18.3 Å². The van der Waals surface area contributed by atoms with E-state index in [1.807, 2.05) is 6.07 Å². The number of carbonyl (C=O) groups excluding carboxylic acids is 1. The Kier molecular flexibility index (Phi) is 6.67. The molecule has 3 rings (SSSR count). The number of nitrogens with zero attached hydrogens (tertiary/aromatic N) is 3. The van der Waals surface area contributed by atoms with Gasteiger partial charge in [0.1, 0.15) is 6.73 Å². The number of nitrogens with one attached hydrogen (secondary N) is 1. The summed E-state index contributed by atoms with van der Waals surface area (Å²) in [4.78, 5) is 27.8. The van der Waals surface area contributed by atoms with Crippen LogP contribution < -0.4 is 5.32 Å². The van der Waals surface area contributed by atoms with E-state index in [0.29, 0.717) is 28.9 Å². The third-order valence-corrected chi connectivity index (χ3v) is 6.36. The molecule has 0 bridgehead atoms. The van der Waals surface area contributed by atoms with Crippen molar-refractivity contribution in [1.29, 1.82) is 0 Å². The standard InChI is InChI=1S/C22H26N4O4Si/c1-5-20(27)24-16-8-6-7-15(11-16)18-12-17-19(13-23-18)26(25-21(17)22(28)29)14-30-9-10-31(2,3)4/h5-8,11-13H,1,9-10,14H2,2-4H3,(H,24,27)(H,28,29). The monoisotopic (exact) mass is 438 g/mol. The topological polar surface area (TPSA) is 106 Å². The molecule has 0 unspecified atom stereocenters. The minimum atomic E-state index is -1.22. The average molecular weight is 439 g/mol. The molecule has 9 heteroatoms. The quantitative estimate of drug-likeness (QED) is 0.294. The lowest BCUT2D eigenvalue weighted by molar-refractivity contribution is -0.111. The third-order valence-electron chi connectivity index (χ3n) is 4.66. The number of pyridine rings is 1. The molecule has 1 amide bonds. The number of hydrogen-bond acceptors (Lipinski definition) is 5. The zero-order chi connectivity index (χ0) is 22.6. The number of carbonyl (C=O) groups is 2. The second-order valence-corrected chi connectivity index (χ2v) is 14.0. The number of fused-ring (bicyclic) bond motifs is 1. The summed E-state index contributed by atoms with van der Waals surface area (Å²) < 4.78 is 7.27. The van der Waals surface area contributed by atoms with Crippen molar-refractivity contribution in [3.8, 4) is 11.3 Å². The van der Waals surface area contributed by atoms with E-state index in [1.165, 1.54) is 10.8 Å². The molecule has 0 saturated heterocycles. The van der Waals surface area contributed by atoms with Crippen LogP contribution >= 0.6 is 0 Å². The highest BCUT2D eigenvalue weighted by Gasteiger charge is 2.19. The van der Waals surface area contributed by atoms with E-state index >= 15 is 0 Å². The van der Waals surface area contributed by atoms with Crippen molar-refractivity contribution in [2.75, 3.05) is 11.9 Å². The van der Waals surface area contributed by atoms with Gasteiger partial charge >= 0.3 is 5.97 Å². The molecule has 0 saturated carbocycles. The number of benzene rings is 1. The van der Waals surface area contributed by atoms with Crippen molar-refractivity contribution in [3.63, 3.8) is 0 Å². The van der Waals surface area contributed by atoms with Gasteiger partial charge in [0.15, 0.2) is 5.69 Å². The summed E-state index contributed by atoms with van der Waals surface area (Å²) >= 11 is 0. The van der Waals surface area contributed by atoms with E-state index in [2.05, 4.69) is 41.6 Å². The van der Waals surface area contributed by atoms with Gasteiger partial charge in [-0.15, -0.1) is 0 Å². The van der Waals surface area contributed by atoms with Gasteiger partial charge in [0.05, 0.1) is 17.4 Å². The van der Waals surface area contributed by atoms with Gasteiger partial charge in [-0.2, -0.15) is 5.10 Å². The van der Waals surface area contributed by atoms with Gasteiger partial charge in [0, 0.05) is 31.3 Å². The Morgan fingerprint density at radius 3 is 2.74 bits per heavy atom. The fourth-order valence-corrected chi connectivity index (χ4v) is 3.72. The molecule has 31 heavy (non-hydrogen) atoms. The van der Waals surface area contributed by atoms with Crippen LogP contribution in [0.25, 0.3) is 22.2 Å². The zero-order valence-corrected chi connectivity index (χ0v) is 18.9. The molecule has 0 aliphatic carbocycles. The Morgan fingerprint density at radius 1 is 1.29 bits per heavy atom. The predicted octanol–water partition coefficient (Wildman–Crippen LogP) is 4.23. The first-order valence-electron chi connectivity index (χ1n) is 9.89. The molecule has 162 valence electrons. The summed E-state index contributed by atoms with van der Waals surface area (Å²) in [6.07, 6.45) is 2.79. The summed E-state index contributed by atoms with van der Waals surface area (Å²) in [6.45, 7) is 11.0. The minimum Gasteiger partial charge on any atom is -0.476 e. The Bertz CT molecular complexity index is 1130. The van der Waals surface area contributed by atoms with Gasteiger partial charge in [-0.3, -0.25) is 9.78 Å². The van der Waals surface area contributed by atoms with Crippen molar-refractivity contribution in [3.05, 3.63) is 54.9 Å². The second kappa shape index (κ2) is 9.23. The van der Waals surface area contributed by atoms with Crippen LogP contribution in [0.1, 0.15) is 10.5 Å². The van der Waals surface area contributed by atoms with Crippen LogP contribution in [0.3, 0.4) is 0 Å². The van der Waals surface area contributed by atoms with Crippen LogP contribution in [0, 0.1) is 0 Å². The average Bonchev–Trinajstić information content (AvgIpc) is 3.09. The highest BCUT2D eigenvalue weighted by molar-refractivity contribution is 6.76. The molecule has 2 aromatic heterocycles. The van der Waals surface area contributed by atoms with Gasteiger partial charge in [-0.1, -0.05) is 38.4 Å². The second-order valence-electron chi connectivity index (χ2n) is 8.36. The van der Waals surface area contributed by atoms with Crippen molar-refractivity contribution in [2.45, 2.75) is 32.4 Å². The number of carboxylic acids is 1. The van der Waals surface area contributed by atoms with Crippen molar-refractivity contribution in [1.82, 2.24) is 14.8 Å². The third kappa shape index (κ3) is 5.65. The van der Waals surface area contributed by atoms with E-state index in [9.17, 15) is 14.7 Å². The lowest BCUT2D eigenvalue weighted by Crippen LogP contribution is -2.22. The summed E-state index contributed by atoms with van der Waals surface area (Å²) in [5.74, 6) is -1.43. The minimum absolute atomic E-state index is 0.0523. The molecule has 0 atom stereocenters. The van der Waals surface area contributed by atoms with Crippen LogP contribution in [0.4, 0.5) is 5.69 Å². The van der Waals surface area contributed by atoms with Gasteiger partial charge < -0.3 is 15.2 Å². The number of hydrogen-bond donors (Lipinski definition) is 2. The van der Waals surface area contributed by atoms with Crippen molar-refractivity contribution < 1.29 is 19.4 Å². The maximum Gasteiger partial charge on any atom is 0.357 e. The predicted molar refractivity (Wildman–Crippen MR) is 123 cm³/mol. The van der Waals surface area contributed by atoms with Gasteiger partial charge in [-0.05, 0) is 30.3 Å². The molecule has 1 aromatic carbocycles. The summed E-state index contributed by atoms with van der Waals surface area (Å²) in [7, 11) is -1.22. The van der Waals surface area contributed by atoms with E-state index in [0.717, 1.165) is 11.6 Å². The SMILES string of the molecule is C=CC(=O)Nc1cccc(-c2cc3c(C(=O)O)nn(COCC[Si](C)(C)C)c3cn2)c1. The van der Waals surface area contributed by atoms with Crippen LogP contribution in [-0.2, 0) is 16.3 Å². The maximum atomic E-state index is 11.8. The lowest BCUT2D eigenvalue weighted by Gasteiger charge is -2.15. The number of amides is 1. The van der Waals surface area contributed by atoms with Crippen molar-refractivity contribution >= 4 is 36.5 Å². The molecule has 8 nitrogen and oxygen atoms in total. The molecule has 0 aliphatic rings. The molecule has 2 N–H and O–H groups in total. The fraction of sp³-hybridized carbons (Fsp3) is 0.273. The first-order valence-corrected chi connectivity index (χ1v) is 13.6. The molecule has 2 heterocycles. The number of aromatic nitrogens is 3. The molecular formula is C22H26N4O4Si. The number of ether oxygens (including phenoxy) is 1. The van der Waals surface area contributed by atoms with Crippen molar-refractivity contribution in [2.24, 2.45) is 0 Å². The lowest BCUT2D eigenvalue weighted by atomic mass is 10.1. The summed E-state index contributed by atoms with van der Waals surface area (Å²) in [6, 6.07) is 9.84.